The van der Waals surface area contributed by atoms with Gasteiger partial charge in [0, 0.05) is 37.1 Å². The lowest BCUT2D eigenvalue weighted by Gasteiger charge is -2.34. The first-order chi connectivity index (χ1) is 22.5. The van der Waals surface area contributed by atoms with Crippen molar-refractivity contribution in [3.63, 3.8) is 0 Å². The van der Waals surface area contributed by atoms with Gasteiger partial charge in [-0.25, -0.2) is 12.9 Å². The fourth-order valence-corrected chi connectivity index (χ4v) is 11.3. The third-order valence-corrected chi connectivity index (χ3v) is 13.4. The summed E-state index contributed by atoms with van der Waals surface area (Å²) in [7, 11) is -8.74. The van der Waals surface area contributed by atoms with Gasteiger partial charge in [-0.05, 0) is 52.6 Å². The molecule has 1 saturated heterocycles. The molecule has 242 valence electrons. The topological polar surface area (TPSA) is 115 Å². The van der Waals surface area contributed by atoms with Crippen molar-refractivity contribution in [3.8, 4) is 22.3 Å². The second kappa shape index (κ2) is 12.6. The minimum Gasteiger partial charge on any atom is -0.748 e. The number of thioether (sulfide) groups is 1. The average Bonchev–Trinajstić information content (AvgIpc) is 3.74. The van der Waals surface area contributed by atoms with Crippen LogP contribution in [0.25, 0.3) is 38.5 Å². The molecule has 3 heterocycles. The number of unbranched alkanes of at least 4 members (excludes halogenated alkanes) is 1. The Morgan fingerprint density at radius 2 is 1.51 bits per heavy atom. The normalized spacial score (nSPS) is 20.4. The zero-order valence-corrected chi connectivity index (χ0v) is 28.6. The molecule has 1 N–H and O–H groups in total. The van der Waals surface area contributed by atoms with Crippen LogP contribution in [0.15, 0.2) is 107 Å². The van der Waals surface area contributed by atoms with Gasteiger partial charge in [0.15, 0.2) is 17.3 Å². The summed E-state index contributed by atoms with van der Waals surface area (Å²) in [5.74, 6) is -0.424. The van der Waals surface area contributed by atoms with Gasteiger partial charge in [-0.3, -0.25) is 4.55 Å². The average molecular weight is 706 g/mol. The molecule has 2 aliphatic rings. The maximum absolute atomic E-state index is 13.0. The Morgan fingerprint density at radius 1 is 0.851 bits per heavy atom. The molecule has 2 aliphatic heterocycles. The quantitative estimate of drug-likeness (QED) is 0.0743. The van der Waals surface area contributed by atoms with Crippen molar-refractivity contribution in [2.45, 2.75) is 42.5 Å². The van der Waals surface area contributed by atoms with Crippen molar-refractivity contribution in [2.24, 2.45) is 0 Å². The molecular weight excluding hydrogens is 673 g/mol. The van der Waals surface area contributed by atoms with Gasteiger partial charge in [0.05, 0.1) is 27.6 Å². The highest BCUT2D eigenvalue weighted by atomic mass is 32.2. The highest BCUT2D eigenvalue weighted by Crippen LogP contribution is 2.57. The van der Waals surface area contributed by atoms with Crippen molar-refractivity contribution in [1.82, 2.24) is 4.48 Å². The number of benzene rings is 4. The highest BCUT2D eigenvalue weighted by Gasteiger charge is 2.58. The molecule has 8 nitrogen and oxygen atoms in total. The van der Waals surface area contributed by atoms with Crippen LogP contribution in [0.5, 0.6) is 0 Å². The zero-order chi connectivity index (χ0) is 32.8. The molecule has 0 aliphatic carbocycles. The molecule has 12 heteroatoms. The number of quaternary nitrogens is 1. The Balaban J connectivity index is 1.38. The van der Waals surface area contributed by atoms with Crippen LogP contribution < -0.4 is 9.05 Å². The Bertz CT molecular complexity index is 2220. The summed E-state index contributed by atoms with van der Waals surface area (Å²) in [6.07, 6.45) is 3.73. The van der Waals surface area contributed by atoms with Crippen LogP contribution in [0.4, 0.5) is 5.69 Å². The number of nitrogens with zero attached hydrogens (tertiary/aromatic N) is 2. The number of rotatable bonds is 9. The van der Waals surface area contributed by atoms with Gasteiger partial charge >= 0.3 is 10.1 Å². The second-order valence-electron chi connectivity index (χ2n) is 11.9. The van der Waals surface area contributed by atoms with E-state index in [4.69, 9.17) is 0 Å². The maximum atomic E-state index is 13.0. The van der Waals surface area contributed by atoms with Crippen LogP contribution >= 0.6 is 23.1 Å². The number of hydrogen-bond acceptors (Lipinski definition) is 7. The summed E-state index contributed by atoms with van der Waals surface area (Å²) in [5.41, 5.74) is 5.94. The molecule has 47 heavy (non-hydrogen) atoms. The van der Waals surface area contributed by atoms with E-state index in [0.717, 1.165) is 53.1 Å². The van der Waals surface area contributed by atoms with Crippen LogP contribution in [0.2, 0.25) is 0 Å². The lowest BCUT2D eigenvalue weighted by Crippen LogP contribution is -2.53. The molecule has 5 aromatic rings. The molecule has 4 aromatic carbocycles. The number of fused-ring (bicyclic) bond motifs is 3. The largest absolute Gasteiger partial charge is 0.748 e. The van der Waals surface area contributed by atoms with Gasteiger partial charge in [0.1, 0.15) is 4.70 Å². The van der Waals surface area contributed by atoms with Crippen molar-refractivity contribution < 1.29 is 30.5 Å². The molecule has 0 amide bonds. The Kier molecular flexibility index (Phi) is 8.62. The van der Waals surface area contributed by atoms with Crippen LogP contribution in [0, 0.1) is 0 Å². The first-order valence-electron chi connectivity index (χ1n) is 15.4. The number of thiazole rings is 1. The molecule has 7 rings (SSSR count). The predicted molar refractivity (Wildman–Crippen MR) is 188 cm³/mol. The number of aromatic nitrogens is 1. The summed E-state index contributed by atoms with van der Waals surface area (Å²) in [4.78, 5) is 0.950. The molecule has 1 spiro atoms. The smallest absolute Gasteiger partial charge is 0.320 e. The summed E-state index contributed by atoms with van der Waals surface area (Å²) < 4.78 is 73.8. The van der Waals surface area contributed by atoms with E-state index in [9.17, 15) is 25.9 Å². The number of aryl methyl sites for hydroxylation is 1. The fourth-order valence-electron chi connectivity index (χ4n) is 6.87. The SMILES string of the molecule is O=S(=O)([O-])CCCC[n+]1c(C=C2Sc3ccc(-c4ccccc4)cc3[N+]23CCCC3S(=O)(=O)O)sc2ccc(-c3ccccc3)cc21. The number of hydrogen-bond donors (Lipinski definition) is 1. The molecule has 0 saturated carbocycles. The lowest BCUT2D eigenvalue weighted by molar-refractivity contribution is -0.669. The van der Waals surface area contributed by atoms with Crippen molar-refractivity contribution in [2.75, 3.05) is 12.3 Å². The summed E-state index contributed by atoms with van der Waals surface area (Å²) in [5, 5.41) is 0.659. The van der Waals surface area contributed by atoms with E-state index in [2.05, 4.69) is 28.8 Å². The summed E-state index contributed by atoms with van der Waals surface area (Å²) >= 11 is 3.11. The highest BCUT2D eigenvalue weighted by molar-refractivity contribution is 8.03. The van der Waals surface area contributed by atoms with Crippen molar-refractivity contribution in [1.29, 1.82) is 0 Å². The van der Waals surface area contributed by atoms with Crippen molar-refractivity contribution in [3.05, 3.63) is 107 Å². The molecule has 1 aromatic heterocycles. The molecule has 0 bridgehead atoms. The van der Waals surface area contributed by atoms with E-state index in [1.54, 1.807) is 11.3 Å². The zero-order valence-electron chi connectivity index (χ0n) is 25.4. The van der Waals surface area contributed by atoms with E-state index in [1.165, 1.54) is 11.8 Å². The van der Waals surface area contributed by atoms with E-state index in [1.807, 2.05) is 78.9 Å². The van der Waals surface area contributed by atoms with E-state index in [-0.39, 0.29) is 10.9 Å². The molecule has 2 atom stereocenters. The third kappa shape index (κ3) is 6.31. The van der Waals surface area contributed by atoms with E-state index in [0.29, 0.717) is 32.4 Å². The minimum absolute atomic E-state index is 0.0252. The molecule has 0 radical (unpaired) electrons. The molecule has 2 unspecified atom stereocenters. The predicted octanol–water partition coefficient (Wildman–Crippen LogP) is 7.27. The fraction of sp³-hybridized carbons (Fsp3) is 0.229. The van der Waals surface area contributed by atoms with Crippen LogP contribution in [0.1, 0.15) is 30.7 Å². The lowest BCUT2D eigenvalue weighted by atomic mass is 10.0. The minimum atomic E-state index is -4.41. The van der Waals surface area contributed by atoms with Gasteiger partial charge in [-0.15, -0.1) is 0 Å². The Morgan fingerprint density at radius 3 is 2.17 bits per heavy atom. The van der Waals surface area contributed by atoms with E-state index < -0.39 is 31.4 Å². The molecule has 1 fully saturated rings. The first-order valence-corrected chi connectivity index (χ1v) is 20.1. The van der Waals surface area contributed by atoms with Gasteiger partial charge in [-0.1, -0.05) is 84.1 Å². The third-order valence-electron chi connectivity index (χ3n) is 9.01. The second-order valence-corrected chi connectivity index (χ2v) is 17.2. The summed E-state index contributed by atoms with van der Waals surface area (Å²) in [6, 6.07) is 32.4. The van der Waals surface area contributed by atoms with Crippen LogP contribution in [-0.2, 0) is 26.8 Å². The Labute approximate surface area is 283 Å². The summed E-state index contributed by atoms with van der Waals surface area (Å²) in [6.45, 7) is 1.00. The van der Waals surface area contributed by atoms with Gasteiger partial charge < -0.3 is 4.55 Å². The van der Waals surface area contributed by atoms with Crippen molar-refractivity contribution >= 4 is 65.3 Å². The van der Waals surface area contributed by atoms with Gasteiger partial charge in [0.25, 0.3) is 5.01 Å². The van der Waals surface area contributed by atoms with Crippen LogP contribution in [0.3, 0.4) is 0 Å². The standard InChI is InChI=1S/C35H32N2O6S4/c38-46(39,40)21-8-7-19-36-29-22-27(25-10-3-1-4-11-25)15-17-31(29)44-33(36)24-34-37(20-9-14-35(37)47(41,42)43)30-23-28(16-18-32(30)45-34)26-12-5-2-6-13-26/h1-6,10-13,15-18,22-24,35H,7-9,14,19-21H2/p+1. The monoisotopic (exact) mass is 705 g/mol. The van der Waals surface area contributed by atoms with Gasteiger partial charge in [-0.2, -0.15) is 13.0 Å². The first kappa shape index (κ1) is 32.2. The maximum Gasteiger partial charge on any atom is 0.320 e. The van der Waals surface area contributed by atoms with Gasteiger partial charge in [0.2, 0.25) is 10.9 Å². The van der Waals surface area contributed by atoms with E-state index >= 15 is 0 Å². The Hall–Kier alpha value is -3.36. The van der Waals surface area contributed by atoms with Crippen LogP contribution in [-0.4, -0.2) is 43.6 Å². The molecular formula is C35H33N2O6S4+.